The van der Waals surface area contributed by atoms with Gasteiger partial charge in [0.05, 0.1) is 18.1 Å². The number of benzene rings is 1. The minimum atomic E-state index is -0.0942. The number of carbonyl (C=O) groups is 1. The SMILES string of the molecule is Cc1ccc(C(C)NC(=O)CSc2nnc(-c3ccco3)n2N)cc1C. The standard InChI is InChI=1S/C18H21N5O2S/c1-11-6-7-14(9-12(11)2)13(3)20-16(24)10-26-18-22-21-17(23(18)19)15-5-4-8-25-15/h4-9,13H,10,19H2,1-3H3,(H,20,24). The Hall–Kier alpha value is -2.74. The third kappa shape index (κ3) is 3.91. The highest BCUT2D eigenvalue weighted by Crippen LogP contribution is 2.22. The lowest BCUT2D eigenvalue weighted by Gasteiger charge is -2.15. The first-order valence-electron chi connectivity index (χ1n) is 8.19. The highest BCUT2D eigenvalue weighted by atomic mass is 32.2. The molecule has 3 aromatic rings. The minimum Gasteiger partial charge on any atom is -0.461 e. The van der Waals surface area contributed by atoms with Crippen molar-refractivity contribution in [1.29, 1.82) is 0 Å². The first-order valence-corrected chi connectivity index (χ1v) is 9.18. The van der Waals surface area contributed by atoms with E-state index in [9.17, 15) is 4.79 Å². The highest BCUT2D eigenvalue weighted by Gasteiger charge is 2.16. The third-order valence-electron chi connectivity index (χ3n) is 4.15. The van der Waals surface area contributed by atoms with Crippen LogP contribution in [-0.4, -0.2) is 26.5 Å². The predicted octanol–water partition coefficient (Wildman–Crippen LogP) is 2.84. The minimum absolute atomic E-state index is 0.0724. The summed E-state index contributed by atoms with van der Waals surface area (Å²) in [5, 5.41) is 11.5. The average Bonchev–Trinajstić information content (AvgIpc) is 3.25. The molecular weight excluding hydrogens is 350 g/mol. The Morgan fingerprint density at radius 3 is 2.81 bits per heavy atom. The fraction of sp³-hybridized carbons (Fsp3) is 0.278. The Kier molecular flexibility index (Phi) is 5.32. The van der Waals surface area contributed by atoms with Crippen LogP contribution in [0.2, 0.25) is 0 Å². The summed E-state index contributed by atoms with van der Waals surface area (Å²) < 4.78 is 6.59. The largest absolute Gasteiger partial charge is 0.461 e. The summed E-state index contributed by atoms with van der Waals surface area (Å²) in [5.74, 6) is 7.03. The lowest BCUT2D eigenvalue weighted by atomic mass is 10.0. The molecule has 136 valence electrons. The normalized spacial score (nSPS) is 12.1. The third-order valence-corrected chi connectivity index (χ3v) is 5.09. The number of hydrogen-bond acceptors (Lipinski definition) is 6. The summed E-state index contributed by atoms with van der Waals surface area (Å²) in [6, 6.07) is 9.62. The van der Waals surface area contributed by atoms with E-state index in [4.69, 9.17) is 10.3 Å². The molecule has 3 N–H and O–H groups in total. The van der Waals surface area contributed by atoms with Gasteiger partial charge in [-0.3, -0.25) is 4.79 Å². The molecule has 0 saturated carbocycles. The van der Waals surface area contributed by atoms with Gasteiger partial charge < -0.3 is 15.6 Å². The van der Waals surface area contributed by atoms with Crippen molar-refractivity contribution in [3.8, 4) is 11.6 Å². The van der Waals surface area contributed by atoms with Gasteiger partial charge >= 0.3 is 0 Å². The van der Waals surface area contributed by atoms with Crippen molar-refractivity contribution in [3.63, 3.8) is 0 Å². The van der Waals surface area contributed by atoms with E-state index in [1.807, 2.05) is 13.0 Å². The summed E-state index contributed by atoms with van der Waals surface area (Å²) in [4.78, 5) is 12.3. The highest BCUT2D eigenvalue weighted by molar-refractivity contribution is 7.99. The van der Waals surface area contributed by atoms with Crippen molar-refractivity contribution in [2.45, 2.75) is 32.0 Å². The van der Waals surface area contributed by atoms with Crippen LogP contribution in [0.25, 0.3) is 11.6 Å². The Labute approximate surface area is 156 Å². The summed E-state index contributed by atoms with van der Waals surface area (Å²) in [5.41, 5.74) is 3.52. The molecule has 0 spiro atoms. The molecule has 0 aliphatic rings. The molecule has 0 fully saturated rings. The van der Waals surface area contributed by atoms with E-state index in [2.05, 4.69) is 41.5 Å². The van der Waals surface area contributed by atoms with Gasteiger partial charge in [-0.1, -0.05) is 30.0 Å². The van der Waals surface area contributed by atoms with Crippen molar-refractivity contribution in [1.82, 2.24) is 20.2 Å². The molecule has 0 aliphatic heterocycles. The van der Waals surface area contributed by atoms with Crippen LogP contribution in [0.15, 0.2) is 46.2 Å². The van der Waals surface area contributed by atoms with Crippen LogP contribution in [0.4, 0.5) is 0 Å². The number of furan rings is 1. The van der Waals surface area contributed by atoms with Crippen LogP contribution in [0.3, 0.4) is 0 Å². The molecular formula is C18H21N5O2S. The molecule has 1 unspecified atom stereocenters. The fourth-order valence-corrected chi connectivity index (χ4v) is 3.15. The number of nitrogen functional groups attached to an aromatic ring is 1. The zero-order valence-electron chi connectivity index (χ0n) is 14.9. The number of carbonyl (C=O) groups excluding carboxylic acids is 1. The molecule has 0 bridgehead atoms. The smallest absolute Gasteiger partial charge is 0.230 e. The second-order valence-corrected chi connectivity index (χ2v) is 7.02. The van der Waals surface area contributed by atoms with E-state index in [0.717, 1.165) is 5.56 Å². The quantitative estimate of drug-likeness (QED) is 0.511. The average molecular weight is 371 g/mol. The van der Waals surface area contributed by atoms with Crippen molar-refractivity contribution in [2.24, 2.45) is 0 Å². The van der Waals surface area contributed by atoms with Crippen molar-refractivity contribution < 1.29 is 9.21 Å². The van der Waals surface area contributed by atoms with E-state index in [1.165, 1.54) is 27.6 Å². The molecule has 26 heavy (non-hydrogen) atoms. The Morgan fingerprint density at radius 1 is 1.31 bits per heavy atom. The topological polar surface area (TPSA) is 99.0 Å². The van der Waals surface area contributed by atoms with Gasteiger partial charge in [0.2, 0.25) is 16.9 Å². The van der Waals surface area contributed by atoms with Crippen LogP contribution in [0, 0.1) is 13.8 Å². The summed E-state index contributed by atoms with van der Waals surface area (Å²) in [7, 11) is 0. The first kappa shape index (κ1) is 18.1. The number of aromatic nitrogens is 3. The van der Waals surface area contributed by atoms with E-state index in [-0.39, 0.29) is 17.7 Å². The maximum atomic E-state index is 12.3. The van der Waals surface area contributed by atoms with E-state index < -0.39 is 0 Å². The van der Waals surface area contributed by atoms with Gasteiger partial charge in [-0.15, -0.1) is 10.2 Å². The zero-order chi connectivity index (χ0) is 18.7. The van der Waals surface area contributed by atoms with Crippen molar-refractivity contribution in [2.75, 3.05) is 11.6 Å². The second kappa shape index (κ2) is 7.65. The molecule has 0 saturated heterocycles. The van der Waals surface area contributed by atoms with E-state index in [1.54, 1.807) is 18.4 Å². The van der Waals surface area contributed by atoms with Gasteiger partial charge in [-0.25, -0.2) is 4.68 Å². The number of aryl methyl sites for hydroxylation is 2. The molecule has 1 amide bonds. The fourth-order valence-electron chi connectivity index (χ4n) is 2.48. The van der Waals surface area contributed by atoms with Crippen LogP contribution in [0.1, 0.15) is 29.7 Å². The van der Waals surface area contributed by atoms with E-state index >= 15 is 0 Å². The Bertz CT molecular complexity index is 904. The molecule has 1 atom stereocenters. The zero-order valence-corrected chi connectivity index (χ0v) is 15.7. The molecule has 0 aliphatic carbocycles. The Morgan fingerprint density at radius 2 is 2.12 bits per heavy atom. The Balaban J connectivity index is 1.58. The van der Waals surface area contributed by atoms with Gasteiger partial charge in [-0.2, -0.15) is 0 Å². The van der Waals surface area contributed by atoms with Crippen LogP contribution >= 0.6 is 11.8 Å². The van der Waals surface area contributed by atoms with Gasteiger partial charge in [0.15, 0.2) is 5.76 Å². The molecule has 7 nitrogen and oxygen atoms in total. The van der Waals surface area contributed by atoms with Crippen LogP contribution in [-0.2, 0) is 4.79 Å². The maximum Gasteiger partial charge on any atom is 0.230 e. The summed E-state index contributed by atoms with van der Waals surface area (Å²) >= 11 is 1.23. The monoisotopic (exact) mass is 371 g/mol. The molecule has 3 rings (SSSR count). The second-order valence-electron chi connectivity index (χ2n) is 6.08. The van der Waals surface area contributed by atoms with Gasteiger partial charge in [0, 0.05) is 0 Å². The lowest BCUT2D eigenvalue weighted by Crippen LogP contribution is -2.28. The van der Waals surface area contributed by atoms with Crippen LogP contribution in [0.5, 0.6) is 0 Å². The number of hydrogen-bond donors (Lipinski definition) is 2. The van der Waals surface area contributed by atoms with Gasteiger partial charge in [-0.05, 0) is 49.6 Å². The molecule has 2 heterocycles. The summed E-state index contributed by atoms with van der Waals surface area (Å²) in [6.07, 6.45) is 1.54. The number of nitrogens with one attached hydrogen (secondary N) is 1. The van der Waals surface area contributed by atoms with Crippen LogP contribution < -0.4 is 11.2 Å². The number of nitrogens with zero attached hydrogens (tertiary/aromatic N) is 3. The van der Waals surface area contributed by atoms with Crippen molar-refractivity contribution in [3.05, 3.63) is 53.3 Å². The van der Waals surface area contributed by atoms with E-state index in [0.29, 0.717) is 16.7 Å². The predicted molar refractivity (Wildman–Crippen MR) is 101 cm³/mol. The molecule has 0 radical (unpaired) electrons. The lowest BCUT2D eigenvalue weighted by molar-refractivity contribution is -0.119. The van der Waals surface area contributed by atoms with Gasteiger partial charge in [0.25, 0.3) is 0 Å². The maximum absolute atomic E-state index is 12.3. The first-order chi connectivity index (χ1) is 12.5. The molecule has 1 aromatic carbocycles. The molecule has 8 heteroatoms. The summed E-state index contributed by atoms with van der Waals surface area (Å²) in [6.45, 7) is 6.10. The number of amides is 1. The number of rotatable bonds is 6. The van der Waals surface area contributed by atoms with Crippen molar-refractivity contribution >= 4 is 17.7 Å². The molecule has 2 aromatic heterocycles. The van der Waals surface area contributed by atoms with Gasteiger partial charge in [0.1, 0.15) is 0 Å². The number of thioether (sulfide) groups is 1. The number of nitrogens with two attached hydrogens (primary N) is 1.